The van der Waals surface area contributed by atoms with E-state index in [0.29, 0.717) is 24.1 Å². The van der Waals surface area contributed by atoms with Gasteiger partial charge in [0.2, 0.25) is 5.91 Å². The number of nitrogens with zero attached hydrogens (tertiary/aromatic N) is 1. The third-order valence-corrected chi connectivity index (χ3v) is 5.90. The summed E-state index contributed by atoms with van der Waals surface area (Å²) in [4.78, 5) is 38.3. The van der Waals surface area contributed by atoms with Crippen molar-refractivity contribution in [3.05, 3.63) is 18.2 Å². The van der Waals surface area contributed by atoms with Gasteiger partial charge in [0.15, 0.2) is 11.8 Å². The lowest BCUT2D eigenvalue weighted by Gasteiger charge is -2.28. The Morgan fingerprint density at radius 3 is 2.44 bits per heavy atom. The Labute approximate surface area is 183 Å². The summed E-state index contributed by atoms with van der Waals surface area (Å²) in [5.41, 5.74) is 5.75. The first kappa shape index (κ1) is 22.4. The van der Waals surface area contributed by atoms with Crippen molar-refractivity contribution < 1.29 is 32.6 Å². The maximum atomic E-state index is 13.0. The summed E-state index contributed by atoms with van der Waals surface area (Å²) in [6.07, 6.45) is 4.15. The topological polar surface area (TPSA) is 123 Å². The Kier molecular flexibility index (Phi) is 6.56. The van der Waals surface area contributed by atoms with Gasteiger partial charge in [-0.25, -0.2) is 0 Å². The minimum atomic E-state index is -3.15. The van der Waals surface area contributed by atoms with E-state index in [1.165, 1.54) is 23.1 Å². The fraction of sp³-hybridized carbons (Fsp3) is 0.571. The number of carbonyl (C=O) groups excluding carboxylic acids is 3. The Bertz CT molecular complexity index is 879. The number of morpholine rings is 1. The summed E-state index contributed by atoms with van der Waals surface area (Å²) in [7, 11) is 0. The Morgan fingerprint density at radius 1 is 1.19 bits per heavy atom. The van der Waals surface area contributed by atoms with Crippen molar-refractivity contribution in [2.24, 2.45) is 17.6 Å². The summed E-state index contributed by atoms with van der Waals surface area (Å²) in [5.74, 6) is -1.41. The first-order valence-corrected chi connectivity index (χ1v) is 10.7. The van der Waals surface area contributed by atoms with Gasteiger partial charge in [0.1, 0.15) is 6.61 Å². The van der Waals surface area contributed by atoms with Crippen LogP contribution in [0.25, 0.3) is 0 Å². The second kappa shape index (κ2) is 9.37. The van der Waals surface area contributed by atoms with E-state index in [2.05, 4.69) is 15.4 Å². The highest BCUT2D eigenvalue weighted by atomic mass is 19.3. The van der Waals surface area contributed by atoms with E-state index in [-0.39, 0.29) is 36.5 Å². The van der Waals surface area contributed by atoms with Crippen LogP contribution in [0.2, 0.25) is 0 Å². The van der Waals surface area contributed by atoms with Crippen molar-refractivity contribution in [1.82, 2.24) is 5.32 Å². The van der Waals surface area contributed by atoms with Gasteiger partial charge in [-0.05, 0) is 49.7 Å². The molecule has 0 aromatic heterocycles. The predicted octanol–water partition coefficient (Wildman–Crippen LogP) is 1.22. The number of ether oxygens (including phenoxy) is 2. The molecule has 1 aliphatic heterocycles. The fourth-order valence-electron chi connectivity index (χ4n) is 4.02. The predicted molar refractivity (Wildman–Crippen MR) is 110 cm³/mol. The van der Waals surface area contributed by atoms with Crippen molar-refractivity contribution in [2.45, 2.75) is 44.4 Å². The van der Waals surface area contributed by atoms with E-state index in [1.807, 2.05) is 0 Å². The number of alkyl halides is 2. The SMILES string of the molecule is NC(=O)[C@@H](NC(C1CC1)C1CC1)C(=O)Nc1ccc(N2CCOCC2=O)cc1OC(F)F. The average molecular weight is 452 g/mol. The molecule has 4 rings (SSSR count). The zero-order valence-electron chi connectivity index (χ0n) is 17.4. The van der Waals surface area contributed by atoms with Gasteiger partial charge in [0, 0.05) is 24.3 Å². The van der Waals surface area contributed by atoms with E-state index in [1.54, 1.807) is 0 Å². The molecule has 3 amide bonds. The number of anilines is 2. The van der Waals surface area contributed by atoms with Crippen LogP contribution < -0.4 is 26.0 Å². The molecule has 174 valence electrons. The van der Waals surface area contributed by atoms with Crippen LogP contribution in [0.1, 0.15) is 25.7 Å². The van der Waals surface area contributed by atoms with Crippen LogP contribution in [0.3, 0.4) is 0 Å². The van der Waals surface area contributed by atoms with Gasteiger partial charge in [-0.1, -0.05) is 0 Å². The van der Waals surface area contributed by atoms with Crippen LogP contribution in [0.5, 0.6) is 5.75 Å². The number of hydrogen-bond donors (Lipinski definition) is 3. The maximum absolute atomic E-state index is 13.0. The molecule has 1 atom stereocenters. The van der Waals surface area contributed by atoms with E-state index in [4.69, 9.17) is 10.5 Å². The molecule has 2 aliphatic carbocycles. The number of benzene rings is 1. The molecule has 0 spiro atoms. The normalized spacial score (nSPS) is 19.9. The largest absolute Gasteiger partial charge is 0.433 e. The van der Waals surface area contributed by atoms with Crippen molar-refractivity contribution >= 4 is 29.1 Å². The molecule has 11 heteroatoms. The molecule has 4 N–H and O–H groups in total. The quantitative estimate of drug-likeness (QED) is 0.459. The summed E-state index contributed by atoms with van der Waals surface area (Å²) >= 11 is 0. The van der Waals surface area contributed by atoms with Gasteiger partial charge in [-0.3, -0.25) is 19.7 Å². The number of halogens is 2. The van der Waals surface area contributed by atoms with E-state index < -0.39 is 24.5 Å². The average Bonchev–Trinajstić information content (AvgIpc) is 3.64. The van der Waals surface area contributed by atoms with Crippen LogP contribution in [0.15, 0.2) is 18.2 Å². The van der Waals surface area contributed by atoms with Crippen molar-refractivity contribution in [3.8, 4) is 5.75 Å². The van der Waals surface area contributed by atoms with Gasteiger partial charge in [0.05, 0.1) is 12.3 Å². The van der Waals surface area contributed by atoms with Crippen LogP contribution in [-0.4, -0.2) is 56.2 Å². The zero-order valence-corrected chi connectivity index (χ0v) is 17.4. The summed E-state index contributed by atoms with van der Waals surface area (Å²) < 4.78 is 35.7. The molecule has 1 aromatic carbocycles. The van der Waals surface area contributed by atoms with Crippen LogP contribution in [0.4, 0.5) is 20.2 Å². The molecular weight excluding hydrogens is 426 g/mol. The highest BCUT2D eigenvalue weighted by Gasteiger charge is 2.44. The van der Waals surface area contributed by atoms with Crippen molar-refractivity contribution in [2.75, 3.05) is 30.0 Å². The number of hydrogen-bond acceptors (Lipinski definition) is 6. The molecule has 1 saturated heterocycles. The molecule has 1 aromatic rings. The smallest absolute Gasteiger partial charge is 0.387 e. The van der Waals surface area contributed by atoms with Gasteiger partial charge in [0.25, 0.3) is 11.8 Å². The highest BCUT2D eigenvalue weighted by Crippen LogP contribution is 2.44. The maximum Gasteiger partial charge on any atom is 0.387 e. The van der Waals surface area contributed by atoms with Crippen LogP contribution in [-0.2, 0) is 19.1 Å². The minimum absolute atomic E-state index is 0.0322. The Morgan fingerprint density at radius 2 is 1.88 bits per heavy atom. The number of carbonyl (C=O) groups is 3. The van der Waals surface area contributed by atoms with Crippen molar-refractivity contribution in [3.63, 3.8) is 0 Å². The third kappa shape index (κ3) is 5.33. The third-order valence-electron chi connectivity index (χ3n) is 5.90. The van der Waals surface area contributed by atoms with Gasteiger partial charge < -0.3 is 25.4 Å². The van der Waals surface area contributed by atoms with E-state index in [0.717, 1.165) is 25.7 Å². The number of nitrogens with two attached hydrogens (primary N) is 1. The lowest BCUT2D eigenvalue weighted by molar-refractivity contribution is -0.128. The molecular formula is C21H26F2N4O5. The molecule has 0 radical (unpaired) electrons. The molecule has 2 saturated carbocycles. The summed E-state index contributed by atoms with van der Waals surface area (Å²) in [6, 6.07) is 2.83. The Hall–Kier alpha value is -2.79. The van der Waals surface area contributed by atoms with Crippen molar-refractivity contribution in [1.29, 1.82) is 0 Å². The van der Waals surface area contributed by atoms with Crippen LogP contribution >= 0.6 is 0 Å². The number of primary amides is 1. The summed E-state index contributed by atoms with van der Waals surface area (Å²) in [5, 5.41) is 5.56. The molecule has 32 heavy (non-hydrogen) atoms. The lowest BCUT2D eigenvalue weighted by atomic mass is 10.1. The molecule has 0 unspecified atom stereocenters. The first-order chi connectivity index (χ1) is 15.3. The van der Waals surface area contributed by atoms with Crippen LogP contribution in [0, 0.1) is 11.8 Å². The zero-order chi connectivity index (χ0) is 22.8. The standard InChI is InChI=1S/C21H26F2N4O5/c22-21(23)32-15-9-13(27-7-8-31-10-16(27)28)5-6-14(15)25-20(30)18(19(24)29)26-17(11-1-2-11)12-3-4-12/h5-6,9,11-12,17-18,21,26H,1-4,7-8,10H2,(H2,24,29)(H,25,30)/t18-/m1/s1. The highest BCUT2D eigenvalue weighted by molar-refractivity contribution is 6.10. The number of amides is 3. The first-order valence-electron chi connectivity index (χ1n) is 10.7. The molecule has 1 heterocycles. The Balaban J connectivity index is 1.52. The molecule has 9 nitrogen and oxygen atoms in total. The van der Waals surface area contributed by atoms with Gasteiger partial charge >= 0.3 is 6.61 Å². The number of nitrogens with one attached hydrogen (secondary N) is 2. The van der Waals surface area contributed by atoms with Gasteiger partial charge in [-0.2, -0.15) is 8.78 Å². The molecule has 3 aliphatic rings. The number of rotatable bonds is 10. The minimum Gasteiger partial charge on any atom is -0.433 e. The van der Waals surface area contributed by atoms with E-state index >= 15 is 0 Å². The summed E-state index contributed by atoms with van der Waals surface area (Å²) in [6.45, 7) is -2.69. The molecule has 0 bridgehead atoms. The monoisotopic (exact) mass is 452 g/mol. The second-order valence-electron chi connectivity index (χ2n) is 8.35. The van der Waals surface area contributed by atoms with E-state index in [9.17, 15) is 23.2 Å². The lowest BCUT2D eigenvalue weighted by Crippen LogP contribution is -2.54. The second-order valence-corrected chi connectivity index (χ2v) is 8.35. The fourth-order valence-corrected chi connectivity index (χ4v) is 4.02. The molecule has 3 fully saturated rings. The van der Waals surface area contributed by atoms with Gasteiger partial charge in [-0.15, -0.1) is 0 Å².